The monoisotopic (exact) mass is 281 g/mol. The van der Waals surface area contributed by atoms with Gasteiger partial charge in [-0.05, 0) is 24.5 Å². The Bertz CT molecular complexity index is 447. The number of carbonyl (C=O) groups is 1. The van der Waals surface area contributed by atoms with Crippen molar-refractivity contribution >= 4 is 27.5 Å². The van der Waals surface area contributed by atoms with Crippen LogP contribution in [0.1, 0.15) is 12.0 Å². The van der Waals surface area contributed by atoms with Crippen molar-refractivity contribution in [3.05, 3.63) is 23.8 Å². The highest BCUT2D eigenvalue weighted by Gasteiger charge is 2.32. The van der Waals surface area contributed by atoms with Gasteiger partial charge in [-0.25, -0.2) is 0 Å². The van der Waals surface area contributed by atoms with E-state index in [4.69, 9.17) is 4.74 Å². The molecule has 1 aromatic carbocycles. The molecule has 0 spiro atoms. The summed E-state index contributed by atoms with van der Waals surface area (Å²) >= 11 is 3.38. The van der Waals surface area contributed by atoms with Gasteiger partial charge in [-0.15, -0.1) is 0 Å². The minimum Gasteiger partial charge on any atom is -0.490 e. The fraction of sp³-hybridized carbons (Fsp3) is 0.417. The first-order valence-corrected chi connectivity index (χ1v) is 6.39. The zero-order chi connectivity index (χ0) is 11.1. The summed E-state index contributed by atoms with van der Waals surface area (Å²) in [6.07, 6.45) is 2.06. The van der Waals surface area contributed by atoms with Crippen LogP contribution < -0.4 is 9.64 Å². The normalized spacial score (nSPS) is 23.4. The van der Waals surface area contributed by atoms with Gasteiger partial charge in [0, 0.05) is 6.54 Å². The van der Waals surface area contributed by atoms with Crippen LogP contribution >= 0.6 is 15.9 Å². The van der Waals surface area contributed by atoms with E-state index in [1.165, 1.54) is 5.56 Å². The molecule has 0 aromatic heterocycles. The van der Waals surface area contributed by atoms with Crippen molar-refractivity contribution in [1.82, 2.24) is 0 Å². The van der Waals surface area contributed by atoms with E-state index in [9.17, 15) is 4.79 Å². The molecule has 2 aliphatic heterocycles. The lowest BCUT2D eigenvalue weighted by Crippen LogP contribution is -2.39. The third kappa shape index (κ3) is 1.44. The molecule has 0 saturated carbocycles. The Balaban J connectivity index is 2.16. The number of para-hydroxylation sites is 1. The van der Waals surface area contributed by atoms with Crippen LogP contribution in [0.5, 0.6) is 5.75 Å². The van der Waals surface area contributed by atoms with Crippen LogP contribution in [0.25, 0.3) is 0 Å². The molecule has 2 aliphatic rings. The van der Waals surface area contributed by atoms with Gasteiger partial charge in [0.25, 0.3) is 0 Å². The van der Waals surface area contributed by atoms with Crippen molar-refractivity contribution in [2.45, 2.75) is 17.7 Å². The van der Waals surface area contributed by atoms with Crippen LogP contribution in [0.3, 0.4) is 0 Å². The topological polar surface area (TPSA) is 29.5 Å². The third-order valence-electron chi connectivity index (χ3n) is 3.10. The molecule has 84 valence electrons. The van der Waals surface area contributed by atoms with E-state index in [2.05, 4.69) is 22.0 Å². The molecule has 0 radical (unpaired) electrons. The predicted molar refractivity (Wildman–Crippen MR) is 65.3 cm³/mol. The number of aryl methyl sites for hydroxylation is 1. The summed E-state index contributed by atoms with van der Waals surface area (Å²) in [4.78, 5) is 13.8. The molecule has 1 aromatic rings. The maximum Gasteiger partial charge on any atom is 0.244 e. The minimum atomic E-state index is -0.231. The molecule has 0 bridgehead atoms. The summed E-state index contributed by atoms with van der Waals surface area (Å²) in [5.41, 5.74) is 2.21. The Kier molecular flexibility index (Phi) is 2.39. The number of anilines is 1. The quantitative estimate of drug-likeness (QED) is 0.682. The van der Waals surface area contributed by atoms with Gasteiger partial charge >= 0.3 is 0 Å². The second-order valence-electron chi connectivity index (χ2n) is 4.14. The molecular formula is C12H12BrNO2. The highest BCUT2D eigenvalue weighted by molar-refractivity contribution is 9.10. The van der Waals surface area contributed by atoms with Crippen molar-refractivity contribution in [3.63, 3.8) is 0 Å². The van der Waals surface area contributed by atoms with E-state index in [0.717, 1.165) is 30.8 Å². The van der Waals surface area contributed by atoms with Gasteiger partial charge in [-0.1, -0.05) is 28.1 Å². The lowest BCUT2D eigenvalue weighted by Gasteiger charge is -2.29. The largest absolute Gasteiger partial charge is 0.490 e. The van der Waals surface area contributed by atoms with Gasteiger partial charge in [-0.3, -0.25) is 4.79 Å². The fourth-order valence-electron chi connectivity index (χ4n) is 2.36. The molecule has 1 atom stereocenters. The lowest BCUT2D eigenvalue weighted by atomic mass is 10.0. The molecule has 3 rings (SSSR count). The minimum absolute atomic E-state index is 0.117. The van der Waals surface area contributed by atoms with Crippen LogP contribution in [-0.4, -0.2) is 23.9 Å². The Hall–Kier alpha value is -1.03. The van der Waals surface area contributed by atoms with Crippen LogP contribution in [-0.2, 0) is 11.2 Å². The molecular weight excluding hydrogens is 270 g/mol. The summed E-state index contributed by atoms with van der Waals surface area (Å²) < 4.78 is 5.67. The van der Waals surface area contributed by atoms with E-state index < -0.39 is 0 Å². The van der Waals surface area contributed by atoms with Gasteiger partial charge in [-0.2, -0.15) is 0 Å². The molecule has 2 heterocycles. The number of carbonyl (C=O) groups excluding carboxylic acids is 1. The van der Waals surface area contributed by atoms with Crippen molar-refractivity contribution in [2.24, 2.45) is 0 Å². The van der Waals surface area contributed by atoms with Gasteiger partial charge in [0.2, 0.25) is 5.91 Å². The molecule has 0 fully saturated rings. The number of nitrogens with zero attached hydrogens (tertiary/aromatic N) is 1. The number of hydrogen-bond acceptors (Lipinski definition) is 2. The van der Waals surface area contributed by atoms with Gasteiger partial charge in [0.05, 0.1) is 5.69 Å². The zero-order valence-electron chi connectivity index (χ0n) is 8.78. The van der Waals surface area contributed by atoms with E-state index in [1.54, 1.807) is 0 Å². The highest BCUT2D eigenvalue weighted by atomic mass is 79.9. The average molecular weight is 282 g/mol. The SMILES string of the molecule is O=C1C(Br)COc2cccc3c2N1CCC3. The Labute approximate surface area is 103 Å². The Morgan fingerprint density at radius 2 is 2.31 bits per heavy atom. The lowest BCUT2D eigenvalue weighted by molar-refractivity contribution is -0.118. The maximum absolute atomic E-state index is 12.1. The fourth-order valence-corrected chi connectivity index (χ4v) is 2.73. The maximum atomic E-state index is 12.1. The molecule has 1 amide bonds. The number of alkyl halides is 1. The second kappa shape index (κ2) is 3.77. The third-order valence-corrected chi connectivity index (χ3v) is 3.76. The number of rotatable bonds is 0. The molecule has 3 nitrogen and oxygen atoms in total. The number of hydrogen-bond donors (Lipinski definition) is 0. The zero-order valence-corrected chi connectivity index (χ0v) is 10.4. The second-order valence-corrected chi connectivity index (χ2v) is 5.24. The van der Waals surface area contributed by atoms with Crippen molar-refractivity contribution in [1.29, 1.82) is 0 Å². The van der Waals surface area contributed by atoms with Gasteiger partial charge in [0.15, 0.2) is 0 Å². The first-order valence-electron chi connectivity index (χ1n) is 5.47. The van der Waals surface area contributed by atoms with Crippen LogP contribution in [0.15, 0.2) is 18.2 Å². The summed E-state index contributed by atoms with van der Waals surface area (Å²) in [6, 6.07) is 6.02. The van der Waals surface area contributed by atoms with Crippen LogP contribution in [0.2, 0.25) is 0 Å². The summed E-state index contributed by atoms with van der Waals surface area (Å²) in [6.45, 7) is 1.21. The first kappa shape index (κ1) is 10.1. The average Bonchev–Trinajstić information content (AvgIpc) is 2.44. The number of ether oxygens (including phenoxy) is 1. The summed E-state index contributed by atoms with van der Waals surface area (Å²) in [7, 11) is 0. The van der Waals surface area contributed by atoms with Crippen LogP contribution in [0, 0.1) is 0 Å². The van der Waals surface area contributed by atoms with Crippen molar-refractivity contribution < 1.29 is 9.53 Å². The van der Waals surface area contributed by atoms with E-state index in [0.29, 0.717) is 6.61 Å². The summed E-state index contributed by atoms with van der Waals surface area (Å²) in [5, 5.41) is 0. The van der Waals surface area contributed by atoms with E-state index in [1.807, 2.05) is 17.0 Å². The highest BCUT2D eigenvalue weighted by Crippen LogP contribution is 2.38. The van der Waals surface area contributed by atoms with Gasteiger partial charge < -0.3 is 9.64 Å². The summed E-state index contributed by atoms with van der Waals surface area (Å²) in [5.74, 6) is 0.957. The first-order chi connectivity index (χ1) is 7.77. The Morgan fingerprint density at radius 1 is 1.44 bits per heavy atom. The molecule has 1 unspecified atom stereocenters. The Morgan fingerprint density at radius 3 is 3.19 bits per heavy atom. The van der Waals surface area contributed by atoms with Crippen LogP contribution in [0.4, 0.5) is 5.69 Å². The van der Waals surface area contributed by atoms with Gasteiger partial charge in [0.1, 0.15) is 17.2 Å². The molecule has 4 heteroatoms. The van der Waals surface area contributed by atoms with Crippen molar-refractivity contribution in [2.75, 3.05) is 18.1 Å². The van der Waals surface area contributed by atoms with Crippen molar-refractivity contribution in [3.8, 4) is 5.75 Å². The number of halogens is 1. The molecule has 16 heavy (non-hydrogen) atoms. The predicted octanol–water partition coefficient (Wildman–Crippen LogP) is 2.12. The standard InChI is InChI=1S/C12H12BrNO2/c13-9-7-16-10-5-1-3-8-4-2-6-14(11(8)10)12(9)15/h1,3,5,9H,2,4,6-7H2. The number of benzene rings is 1. The smallest absolute Gasteiger partial charge is 0.244 e. The molecule has 0 aliphatic carbocycles. The molecule has 0 saturated heterocycles. The number of amides is 1. The molecule has 0 N–H and O–H groups in total. The van der Waals surface area contributed by atoms with E-state index >= 15 is 0 Å². The van der Waals surface area contributed by atoms with E-state index in [-0.39, 0.29) is 10.7 Å².